The van der Waals surface area contributed by atoms with Crippen LogP contribution < -0.4 is 5.73 Å². The Balaban J connectivity index is 2.27. The second-order valence-corrected chi connectivity index (χ2v) is 6.08. The third-order valence-electron chi connectivity index (χ3n) is 4.04. The van der Waals surface area contributed by atoms with E-state index >= 15 is 0 Å². The minimum atomic E-state index is -0.594. The summed E-state index contributed by atoms with van der Waals surface area (Å²) in [5, 5.41) is 10.1. The summed E-state index contributed by atoms with van der Waals surface area (Å²) in [7, 11) is 0. The molecule has 1 heterocycles. The van der Waals surface area contributed by atoms with Crippen LogP contribution in [0.25, 0.3) is 5.76 Å². The molecule has 0 spiro atoms. The number of halogens is 1. The molecule has 0 aliphatic carbocycles. The molecule has 1 aliphatic rings. The largest absolute Gasteiger partial charge is 0.439 e. The third kappa shape index (κ3) is 3.15. The number of carbonyl (C=O) groups excluding carboxylic acids is 1. The number of allylic oxidation sites excluding steroid dienone is 2. The topological polar surface area (TPSA) is 76.1 Å². The first-order valence-electron chi connectivity index (χ1n) is 7.66. The van der Waals surface area contributed by atoms with Gasteiger partial charge in [-0.15, -0.1) is 0 Å². The van der Waals surface area contributed by atoms with Crippen molar-refractivity contribution in [1.82, 2.24) is 0 Å². The number of carbonyl (C=O) groups is 1. The van der Waals surface area contributed by atoms with Gasteiger partial charge in [0.1, 0.15) is 17.4 Å². The van der Waals surface area contributed by atoms with Crippen molar-refractivity contribution in [3.8, 4) is 6.07 Å². The lowest BCUT2D eigenvalue weighted by molar-refractivity contribution is -0.113. The molecule has 5 heteroatoms. The van der Waals surface area contributed by atoms with Crippen molar-refractivity contribution in [3.63, 3.8) is 0 Å². The van der Waals surface area contributed by atoms with Gasteiger partial charge in [-0.25, -0.2) is 0 Å². The van der Waals surface area contributed by atoms with Gasteiger partial charge >= 0.3 is 0 Å². The molecule has 0 aromatic heterocycles. The highest BCUT2D eigenvalue weighted by Gasteiger charge is 2.35. The molecule has 0 saturated heterocycles. The molecule has 2 aromatic rings. The molecule has 0 unspecified atom stereocenters. The molecule has 0 fully saturated rings. The number of hydrogen-bond donors (Lipinski definition) is 1. The zero-order valence-electron chi connectivity index (χ0n) is 13.5. The summed E-state index contributed by atoms with van der Waals surface area (Å²) in [4.78, 5) is 12.5. The zero-order chi connectivity index (χ0) is 18.0. The van der Waals surface area contributed by atoms with E-state index in [2.05, 4.69) is 6.07 Å². The number of hydrogen-bond acceptors (Lipinski definition) is 4. The molecule has 0 saturated carbocycles. The van der Waals surface area contributed by atoms with Gasteiger partial charge in [0.2, 0.25) is 5.88 Å². The van der Waals surface area contributed by atoms with Crippen molar-refractivity contribution < 1.29 is 9.53 Å². The van der Waals surface area contributed by atoms with Crippen LogP contribution in [0.15, 0.2) is 71.6 Å². The van der Waals surface area contributed by atoms with E-state index < -0.39 is 5.92 Å². The first-order valence-corrected chi connectivity index (χ1v) is 8.04. The minimum Gasteiger partial charge on any atom is -0.439 e. The maximum Gasteiger partial charge on any atom is 0.205 e. The number of Topliss-reactive ketones (excluding diaryl/α,β-unsaturated/α-hetero) is 1. The Hall–Kier alpha value is -3.03. The molecule has 124 valence electrons. The molecule has 3 rings (SSSR count). The van der Waals surface area contributed by atoms with Gasteiger partial charge in [0.15, 0.2) is 5.78 Å². The van der Waals surface area contributed by atoms with Crippen molar-refractivity contribution in [2.24, 2.45) is 5.73 Å². The van der Waals surface area contributed by atoms with E-state index in [9.17, 15) is 10.1 Å². The second kappa shape index (κ2) is 6.84. The van der Waals surface area contributed by atoms with Gasteiger partial charge in [0.05, 0.1) is 11.5 Å². The van der Waals surface area contributed by atoms with Crippen molar-refractivity contribution >= 4 is 23.1 Å². The van der Waals surface area contributed by atoms with Crippen molar-refractivity contribution in [2.75, 3.05) is 0 Å². The molecule has 0 amide bonds. The van der Waals surface area contributed by atoms with Crippen molar-refractivity contribution in [1.29, 1.82) is 5.26 Å². The number of nitrogens with zero attached hydrogens (tertiary/aromatic N) is 1. The van der Waals surface area contributed by atoms with Crippen molar-refractivity contribution in [3.05, 3.63) is 87.8 Å². The Morgan fingerprint density at radius 2 is 1.80 bits per heavy atom. The van der Waals surface area contributed by atoms with Gasteiger partial charge in [-0.1, -0.05) is 54.1 Å². The first-order chi connectivity index (χ1) is 12.0. The second-order valence-electron chi connectivity index (χ2n) is 5.64. The van der Waals surface area contributed by atoms with Crippen LogP contribution in [0, 0.1) is 11.3 Å². The quantitative estimate of drug-likeness (QED) is 0.902. The fourth-order valence-electron chi connectivity index (χ4n) is 2.91. The fourth-order valence-corrected chi connectivity index (χ4v) is 3.04. The van der Waals surface area contributed by atoms with E-state index in [-0.39, 0.29) is 17.2 Å². The van der Waals surface area contributed by atoms with Crippen LogP contribution in [0.3, 0.4) is 0 Å². The van der Waals surface area contributed by atoms with Gasteiger partial charge in [0, 0.05) is 10.6 Å². The van der Waals surface area contributed by atoms with Crippen LogP contribution in [0.1, 0.15) is 24.0 Å². The summed E-state index contributed by atoms with van der Waals surface area (Å²) < 4.78 is 5.69. The van der Waals surface area contributed by atoms with E-state index in [1.807, 2.05) is 30.3 Å². The van der Waals surface area contributed by atoms with E-state index in [0.29, 0.717) is 16.4 Å². The molecule has 0 bridgehead atoms. The Morgan fingerprint density at radius 1 is 1.16 bits per heavy atom. The molecular formula is C20H15ClN2O2. The van der Waals surface area contributed by atoms with E-state index in [1.165, 1.54) is 6.92 Å². The molecule has 0 radical (unpaired) electrons. The number of ketones is 1. The van der Waals surface area contributed by atoms with Crippen LogP contribution >= 0.6 is 11.6 Å². The van der Waals surface area contributed by atoms with Gasteiger partial charge in [-0.2, -0.15) is 5.26 Å². The summed E-state index contributed by atoms with van der Waals surface area (Å²) in [5.41, 5.74) is 8.10. The van der Waals surface area contributed by atoms with Crippen LogP contribution in [0.2, 0.25) is 5.02 Å². The molecule has 4 nitrogen and oxygen atoms in total. The number of nitriles is 1. The predicted octanol–water partition coefficient (Wildman–Crippen LogP) is 4.15. The molecule has 25 heavy (non-hydrogen) atoms. The zero-order valence-corrected chi connectivity index (χ0v) is 14.2. The number of rotatable bonds is 3. The average molecular weight is 351 g/mol. The first kappa shape index (κ1) is 16.8. The summed E-state index contributed by atoms with van der Waals surface area (Å²) in [5.74, 6) is -0.390. The summed E-state index contributed by atoms with van der Waals surface area (Å²) in [6, 6.07) is 18.3. The Bertz CT molecular complexity index is 922. The molecular weight excluding hydrogens is 336 g/mol. The van der Waals surface area contributed by atoms with Gasteiger partial charge in [-0.3, -0.25) is 4.79 Å². The van der Waals surface area contributed by atoms with Gasteiger partial charge in [-0.05, 0) is 24.6 Å². The van der Waals surface area contributed by atoms with Crippen molar-refractivity contribution in [2.45, 2.75) is 12.8 Å². The lowest BCUT2D eigenvalue weighted by atomic mass is 9.80. The highest BCUT2D eigenvalue weighted by atomic mass is 35.5. The summed E-state index contributed by atoms with van der Waals surface area (Å²) in [6.07, 6.45) is 0. The average Bonchev–Trinajstić information content (AvgIpc) is 2.62. The molecule has 1 atom stereocenters. The molecule has 1 aliphatic heterocycles. The standard InChI is InChI=1S/C20H15ClN2O2/c1-12(24)17-18(13-7-9-15(21)10-8-13)16(11-22)20(23)25-19(17)14-5-3-2-4-6-14/h2-10,18H,23H2,1H3/t18-/m0/s1. The Morgan fingerprint density at radius 3 is 2.36 bits per heavy atom. The Labute approximate surface area is 150 Å². The molecule has 2 aromatic carbocycles. The van der Waals surface area contributed by atoms with Crippen LogP contribution in [-0.2, 0) is 9.53 Å². The van der Waals surface area contributed by atoms with Crippen LogP contribution in [-0.4, -0.2) is 5.78 Å². The van der Waals surface area contributed by atoms with E-state index in [1.54, 1.807) is 24.3 Å². The maximum absolute atomic E-state index is 12.5. The van der Waals surface area contributed by atoms with Gasteiger partial charge < -0.3 is 10.5 Å². The van der Waals surface area contributed by atoms with Crippen LogP contribution in [0.5, 0.6) is 0 Å². The summed E-state index contributed by atoms with van der Waals surface area (Å²) in [6.45, 7) is 1.46. The normalized spacial score (nSPS) is 17.1. The van der Waals surface area contributed by atoms with Gasteiger partial charge in [0.25, 0.3) is 0 Å². The Kier molecular flexibility index (Phi) is 4.60. The highest BCUT2D eigenvalue weighted by Crippen LogP contribution is 2.42. The van der Waals surface area contributed by atoms with Crippen LogP contribution in [0.4, 0.5) is 0 Å². The fraction of sp³-hybridized carbons (Fsp3) is 0.100. The number of ether oxygens (including phenoxy) is 1. The lowest BCUT2D eigenvalue weighted by Gasteiger charge is -2.28. The number of nitrogens with two attached hydrogens (primary N) is 1. The highest BCUT2D eigenvalue weighted by molar-refractivity contribution is 6.30. The van der Waals surface area contributed by atoms with E-state index in [0.717, 1.165) is 11.1 Å². The molecule has 2 N–H and O–H groups in total. The minimum absolute atomic E-state index is 0.00584. The summed E-state index contributed by atoms with van der Waals surface area (Å²) >= 11 is 5.97. The SMILES string of the molecule is CC(=O)C1=C(c2ccccc2)OC(N)=C(C#N)[C@@H]1c1ccc(Cl)cc1. The maximum atomic E-state index is 12.5. The lowest BCUT2D eigenvalue weighted by Crippen LogP contribution is -2.23. The predicted molar refractivity (Wildman–Crippen MR) is 96.1 cm³/mol. The third-order valence-corrected chi connectivity index (χ3v) is 4.29. The van der Waals surface area contributed by atoms with E-state index in [4.69, 9.17) is 22.1 Å². The smallest absolute Gasteiger partial charge is 0.205 e. The monoisotopic (exact) mass is 350 g/mol. The number of benzene rings is 2.